The zero-order valence-corrected chi connectivity index (χ0v) is 13.4. The Kier molecular flexibility index (Phi) is 5.15. The van der Waals surface area contributed by atoms with Crippen LogP contribution in [0.2, 0.25) is 5.02 Å². The van der Waals surface area contributed by atoms with Gasteiger partial charge in [-0.2, -0.15) is 0 Å². The van der Waals surface area contributed by atoms with Crippen molar-refractivity contribution in [1.29, 1.82) is 0 Å². The molecule has 2 nitrogen and oxygen atoms in total. The van der Waals surface area contributed by atoms with E-state index in [0.29, 0.717) is 16.7 Å². The van der Waals surface area contributed by atoms with E-state index in [9.17, 15) is 4.39 Å². The third kappa shape index (κ3) is 4.41. The second kappa shape index (κ2) is 6.87. The Balaban J connectivity index is 1.94. The van der Waals surface area contributed by atoms with Crippen LogP contribution < -0.4 is 10.6 Å². The maximum atomic E-state index is 13.0. The van der Waals surface area contributed by atoms with E-state index in [1.54, 1.807) is 6.07 Å². The van der Waals surface area contributed by atoms with Gasteiger partial charge in [-0.15, -0.1) is 0 Å². The number of benzene rings is 2. The molecule has 5 heteroatoms. The SMILES string of the molecule is Cc1ccc(NC(=S)NCc2ccc(F)cc2Cl)cc1C. The van der Waals surface area contributed by atoms with E-state index in [4.69, 9.17) is 23.8 Å². The second-order valence-corrected chi connectivity index (χ2v) is 5.66. The van der Waals surface area contributed by atoms with Crippen LogP contribution in [0, 0.1) is 19.7 Å². The number of nitrogens with one attached hydrogen (secondary N) is 2. The molecule has 0 aliphatic rings. The van der Waals surface area contributed by atoms with Crippen molar-refractivity contribution in [3.8, 4) is 0 Å². The van der Waals surface area contributed by atoms with Gasteiger partial charge in [-0.1, -0.05) is 23.7 Å². The summed E-state index contributed by atoms with van der Waals surface area (Å²) in [5.41, 5.74) is 4.16. The molecule has 2 aromatic carbocycles. The number of rotatable bonds is 3. The number of hydrogen-bond donors (Lipinski definition) is 2. The van der Waals surface area contributed by atoms with Crippen molar-refractivity contribution in [3.63, 3.8) is 0 Å². The van der Waals surface area contributed by atoms with Gasteiger partial charge in [0.15, 0.2) is 5.11 Å². The predicted molar refractivity (Wildman–Crippen MR) is 90.4 cm³/mol. The van der Waals surface area contributed by atoms with Gasteiger partial charge in [-0.3, -0.25) is 0 Å². The standard InChI is InChI=1S/C16H16ClFN2S/c1-10-3-6-14(7-11(10)2)20-16(21)19-9-12-4-5-13(18)8-15(12)17/h3-8H,9H2,1-2H3,(H2,19,20,21). The maximum absolute atomic E-state index is 13.0. The Morgan fingerprint density at radius 3 is 2.57 bits per heavy atom. The molecular formula is C16H16ClFN2S. The molecule has 0 aromatic heterocycles. The molecule has 0 saturated heterocycles. The van der Waals surface area contributed by atoms with Crippen LogP contribution >= 0.6 is 23.8 Å². The molecule has 0 heterocycles. The summed E-state index contributed by atoms with van der Waals surface area (Å²) in [5.74, 6) is -0.348. The maximum Gasteiger partial charge on any atom is 0.171 e. The van der Waals surface area contributed by atoms with Crippen molar-refractivity contribution >= 4 is 34.6 Å². The van der Waals surface area contributed by atoms with Gasteiger partial charge in [0.2, 0.25) is 0 Å². The van der Waals surface area contributed by atoms with Gasteiger partial charge in [-0.05, 0) is 67.0 Å². The third-order valence-corrected chi connectivity index (χ3v) is 3.82. The Bertz CT molecular complexity index is 673. The molecule has 21 heavy (non-hydrogen) atoms. The van der Waals surface area contributed by atoms with Gasteiger partial charge in [0.25, 0.3) is 0 Å². The highest BCUT2D eigenvalue weighted by molar-refractivity contribution is 7.80. The average molecular weight is 323 g/mol. The first kappa shape index (κ1) is 15.7. The van der Waals surface area contributed by atoms with Gasteiger partial charge in [0, 0.05) is 17.3 Å². The summed E-state index contributed by atoms with van der Waals surface area (Å²) < 4.78 is 13.0. The Morgan fingerprint density at radius 1 is 1.14 bits per heavy atom. The third-order valence-electron chi connectivity index (χ3n) is 3.22. The van der Waals surface area contributed by atoms with Crippen LogP contribution in [0.5, 0.6) is 0 Å². The molecule has 0 saturated carbocycles. The summed E-state index contributed by atoms with van der Waals surface area (Å²) >= 11 is 11.2. The fraction of sp³-hybridized carbons (Fsp3) is 0.188. The quantitative estimate of drug-likeness (QED) is 0.809. The van der Waals surface area contributed by atoms with Crippen molar-refractivity contribution in [2.75, 3.05) is 5.32 Å². The van der Waals surface area contributed by atoms with Crippen LogP contribution in [0.15, 0.2) is 36.4 Å². The van der Waals surface area contributed by atoms with E-state index in [1.165, 1.54) is 23.3 Å². The summed E-state index contributed by atoms with van der Waals surface area (Å²) in [7, 11) is 0. The Hall–Kier alpha value is -1.65. The van der Waals surface area contributed by atoms with Gasteiger partial charge in [0.05, 0.1) is 0 Å². The number of hydrogen-bond acceptors (Lipinski definition) is 1. The molecule has 110 valence electrons. The lowest BCUT2D eigenvalue weighted by Gasteiger charge is -2.12. The van der Waals surface area contributed by atoms with Crippen LogP contribution in [0.3, 0.4) is 0 Å². The van der Waals surface area contributed by atoms with Crippen molar-refractivity contribution in [2.45, 2.75) is 20.4 Å². The zero-order valence-electron chi connectivity index (χ0n) is 11.8. The molecule has 0 aliphatic heterocycles. The predicted octanol–water partition coefficient (Wildman–Crippen LogP) is 4.58. The molecule has 2 N–H and O–H groups in total. The van der Waals surface area contributed by atoms with E-state index in [-0.39, 0.29) is 5.82 Å². The Morgan fingerprint density at radius 2 is 1.90 bits per heavy atom. The van der Waals surface area contributed by atoms with Crippen LogP contribution in [-0.2, 0) is 6.54 Å². The van der Waals surface area contributed by atoms with Crippen molar-refractivity contribution in [3.05, 3.63) is 63.9 Å². The fourth-order valence-electron chi connectivity index (χ4n) is 1.84. The minimum absolute atomic E-state index is 0.348. The lowest BCUT2D eigenvalue weighted by molar-refractivity contribution is 0.627. The van der Waals surface area contributed by atoms with Crippen molar-refractivity contribution in [2.24, 2.45) is 0 Å². The second-order valence-electron chi connectivity index (χ2n) is 4.84. The van der Waals surface area contributed by atoms with E-state index in [1.807, 2.05) is 18.2 Å². The highest BCUT2D eigenvalue weighted by Gasteiger charge is 2.04. The number of halogens is 2. The van der Waals surface area contributed by atoms with Crippen molar-refractivity contribution < 1.29 is 4.39 Å². The molecule has 0 spiro atoms. The molecule has 0 atom stereocenters. The average Bonchev–Trinajstić information content (AvgIpc) is 2.42. The summed E-state index contributed by atoms with van der Waals surface area (Å²) in [6, 6.07) is 10.4. The summed E-state index contributed by atoms with van der Waals surface area (Å²) in [4.78, 5) is 0. The lowest BCUT2D eigenvalue weighted by Crippen LogP contribution is -2.28. The van der Waals surface area contributed by atoms with E-state index >= 15 is 0 Å². The topological polar surface area (TPSA) is 24.1 Å². The van der Waals surface area contributed by atoms with Crippen LogP contribution in [0.1, 0.15) is 16.7 Å². The fourth-order valence-corrected chi connectivity index (χ4v) is 2.26. The highest BCUT2D eigenvalue weighted by Crippen LogP contribution is 2.17. The summed E-state index contributed by atoms with van der Waals surface area (Å²) in [6.07, 6.45) is 0. The number of aryl methyl sites for hydroxylation is 2. The van der Waals surface area contributed by atoms with Crippen LogP contribution in [0.4, 0.5) is 10.1 Å². The van der Waals surface area contributed by atoms with Gasteiger partial charge < -0.3 is 10.6 Å². The molecule has 0 fully saturated rings. The molecule has 0 unspecified atom stereocenters. The monoisotopic (exact) mass is 322 g/mol. The molecule has 0 aliphatic carbocycles. The molecule has 0 radical (unpaired) electrons. The van der Waals surface area contributed by atoms with Gasteiger partial charge >= 0.3 is 0 Å². The highest BCUT2D eigenvalue weighted by atomic mass is 35.5. The number of anilines is 1. The molecule has 2 rings (SSSR count). The lowest BCUT2D eigenvalue weighted by atomic mass is 10.1. The summed E-state index contributed by atoms with van der Waals surface area (Å²) in [5, 5.41) is 7.05. The minimum Gasteiger partial charge on any atom is -0.358 e. The van der Waals surface area contributed by atoms with Gasteiger partial charge in [-0.25, -0.2) is 4.39 Å². The molecular weight excluding hydrogens is 307 g/mol. The zero-order chi connectivity index (χ0) is 15.4. The van der Waals surface area contributed by atoms with Crippen LogP contribution in [-0.4, -0.2) is 5.11 Å². The van der Waals surface area contributed by atoms with Crippen molar-refractivity contribution in [1.82, 2.24) is 5.32 Å². The largest absolute Gasteiger partial charge is 0.358 e. The first-order chi connectivity index (χ1) is 9.95. The molecule has 0 bridgehead atoms. The first-order valence-corrected chi connectivity index (χ1v) is 7.30. The summed E-state index contributed by atoms with van der Waals surface area (Å²) in [6.45, 7) is 4.55. The minimum atomic E-state index is -0.348. The Labute approximate surface area is 134 Å². The van der Waals surface area contributed by atoms with E-state index in [2.05, 4.69) is 24.5 Å². The normalized spacial score (nSPS) is 10.3. The molecule has 2 aromatic rings. The molecule has 0 amide bonds. The van der Waals surface area contributed by atoms with Crippen LogP contribution in [0.25, 0.3) is 0 Å². The smallest absolute Gasteiger partial charge is 0.171 e. The van der Waals surface area contributed by atoms with E-state index < -0.39 is 0 Å². The van der Waals surface area contributed by atoms with E-state index in [0.717, 1.165) is 11.3 Å². The first-order valence-electron chi connectivity index (χ1n) is 6.52. The van der Waals surface area contributed by atoms with Gasteiger partial charge in [0.1, 0.15) is 5.82 Å². The number of thiocarbonyl (C=S) groups is 1.